The lowest BCUT2D eigenvalue weighted by Crippen LogP contribution is -2.03. The monoisotopic (exact) mass is 352 g/mol. The molecule has 0 atom stereocenters. The van der Waals surface area contributed by atoms with E-state index >= 15 is 0 Å². The second-order valence-corrected chi connectivity index (χ2v) is 6.04. The van der Waals surface area contributed by atoms with Crippen LogP contribution in [0.25, 0.3) is 22.4 Å². The lowest BCUT2D eigenvalue weighted by molar-refractivity contribution is -0.384. The zero-order valence-corrected chi connectivity index (χ0v) is 14.3. The van der Waals surface area contributed by atoms with E-state index < -0.39 is 4.92 Å². The first-order valence-electron chi connectivity index (χ1n) is 8.17. The molecule has 0 radical (unpaired) electrons. The Kier molecular flexibility index (Phi) is 3.61. The fraction of sp³-hybridized carbons (Fsp3) is 0.222. The Bertz CT molecular complexity index is 1070. The molecule has 3 aromatic rings. The van der Waals surface area contributed by atoms with Crippen LogP contribution in [0.2, 0.25) is 0 Å². The largest absolute Gasteiger partial charge is 0.496 e. The molecule has 2 aromatic carbocycles. The van der Waals surface area contributed by atoms with Gasteiger partial charge in [0.2, 0.25) is 5.91 Å². The van der Waals surface area contributed by atoms with Gasteiger partial charge in [0, 0.05) is 18.3 Å². The molecule has 2 heterocycles. The number of methoxy groups -OCH3 is 1. The molecule has 1 aromatic heterocycles. The van der Waals surface area contributed by atoms with Crippen LogP contribution in [0.4, 0.5) is 11.4 Å². The molecular formula is C18H16N4O4. The van der Waals surface area contributed by atoms with Gasteiger partial charge in [-0.15, -0.1) is 0 Å². The zero-order valence-electron chi connectivity index (χ0n) is 14.3. The number of rotatable bonds is 4. The van der Waals surface area contributed by atoms with Gasteiger partial charge in [-0.25, -0.2) is 4.98 Å². The van der Waals surface area contributed by atoms with Crippen molar-refractivity contribution in [2.24, 2.45) is 0 Å². The predicted octanol–water partition coefficient (Wildman–Crippen LogP) is 3.13. The molecule has 0 unspecified atom stereocenters. The molecule has 1 N–H and O–H groups in total. The summed E-state index contributed by atoms with van der Waals surface area (Å²) in [5.41, 5.74) is 4.04. The number of benzene rings is 2. The van der Waals surface area contributed by atoms with Crippen LogP contribution in [-0.2, 0) is 17.8 Å². The van der Waals surface area contributed by atoms with Crippen molar-refractivity contribution in [2.75, 3.05) is 12.4 Å². The summed E-state index contributed by atoms with van der Waals surface area (Å²) in [6.07, 6.45) is 0.348. The van der Waals surface area contributed by atoms with E-state index in [9.17, 15) is 14.9 Å². The summed E-state index contributed by atoms with van der Waals surface area (Å²) in [4.78, 5) is 26.9. The average molecular weight is 352 g/mol. The van der Waals surface area contributed by atoms with E-state index in [1.807, 2.05) is 23.6 Å². The second kappa shape index (κ2) is 5.83. The number of amides is 1. The van der Waals surface area contributed by atoms with Crippen LogP contribution in [0.15, 0.2) is 30.3 Å². The fourth-order valence-corrected chi connectivity index (χ4v) is 3.35. The van der Waals surface area contributed by atoms with Crippen LogP contribution in [-0.4, -0.2) is 27.5 Å². The van der Waals surface area contributed by atoms with Gasteiger partial charge < -0.3 is 14.6 Å². The minimum absolute atomic E-state index is 0.0204. The first-order valence-corrected chi connectivity index (χ1v) is 8.17. The minimum Gasteiger partial charge on any atom is -0.496 e. The number of nitro groups is 1. The van der Waals surface area contributed by atoms with Crippen molar-refractivity contribution >= 4 is 28.3 Å². The lowest BCUT2D eigenvalue weighted by atomic mass is 10.1. The van der Waals surface area contributed by atoms with Gasteiger partial charge in [0.25, 0.3) is 5.69 Å². The Labute approximate surface area is 148 Å². The van der Waals surface area contributed by atoms with E-state index in [4.69, 9.17) is 9.72 Å². The summed E-state index contributed by atoms with van der Waals surface area (Å²) in [7, 11) is 1.48. The normalized spacial score (nSPS) is 12.9. The summed E-state index contributed by atoms with van der Waals surface area (Å²) in [5.74, 6) is 1.04. The molecule has 0 saturated heterocycles. The lowest BCUT2D eigenvalue weighted by Gasteiger charge is -2.10. The van der Waals surface area contributed by atoms with Crippen molar-refractivity contribution in [3.8, 4) is 17.1 Å². The molecule has 8 heteroatoms. The number of anilines is 1. The second-order valence-electron chi connectivity index (χ2n) is 6.04. The van der Waals surface area contributed by atoms with Gasteiger partial charge in [0.15, 0.2) is 0 Å². The van der Waals surface area contributed by atoms with E-state index in [1.54, 1.807) is 6.07 Å². The zero-order chi connectivity index (χ0) is 18.4. The number of ether oxygens (including phenoxy) is 1. The van der Waals surface area contributed by atoms with Gasteiger partial charge in [-0.1, -0.05) is 0 Å². The van der Waals surface area contributed by atoms with Crippen LogP contribution < -0.4 is 10.1 Å². The van der Waals surface area contributed by atoms with Crippen molar-refractivity contribution < 1.29 is 14.5 Å². The van der Waals surface area contributed by atoms with Gasteiger partial charge >= 0.3 is 0 Å². The van der Waals surface area contributed by atoms with Crippen molar-refractivity contribution in [1.82, 2.24) is 9.55 Å². The first-order chi connectivity index (χ1) is 12.5. The van der Waals surface area contributed by atoms with E-state index in [0.717, 1.165) is 22.3 Å². The third kappa shape index (κ3) is 2.38. The minimum atomic E-state index is -0.456. The van der Waals surface area contributed by atoms with E-state index in [2.05, 4.69) is 5.32 Å². The van der Waals surface area contributed by atoms with E-state index in [0.29, 0.717) is 30.1 Å². The molecule has 0 fully saturated rings. The maximum atomic E-state index is 11.6. The number of nitro benzene ring substituents is 1. The Morgan fingerprint density at radius 2 is 2.15 bits per heavy atom. The number of nitrogens with zero attached hydrogens (tertiary/aromatic N) is 3. The maximum Gasteiger partial charge on any atom is 0.273 e. The highest BCUT2D eigenvalue weighted by Crippen LogP contribution is 2.36. The van der Waals surface area contributed by atoms with Crippen molar-refractivity contribution in [3.63, 3.8) is 0 Å². The summed E-state index contributed by atoms with van der Waals surface area (Å²) < 4.78 is 7.37. The number of aryl methyl sites for hydroxylation is 1. The summed E-state index contributed by atoms with van der Waals surface area (Å²) in [6, 6.07) is 8.33. The number of imidazole rings is 1. The van der Waals surface area contributed by atoms with Crippen LogP contribution in [0.3, 0.4) is 0 Å². The smallest absolute Gasteiger partial charge is 0.273 e. The van der Waals surface area contributed by atoms with Crippen LogP contribution >= 0.6 is 0 Å². The maximum absolute atomic E-state index is 11.6. The number of non-ortho nitro benzene ring substituents is 1. The van der Waals surface area contributed by atoms with Crippen LogP contribution in [0, 0.1) is 10.1 Å². The van der Waals surface area contributed by atoms with Gasteiger partial charge in [-0.05, 0) is 30.7 Å². The molecule has 0 spiro atoms. The Balaban J connectivity index is 1.92. The van der Waals surface area contributed by atoms with Crippen molar-refractivity contribution in [2.45, 2.75) is 19.9 Å². The summed E-state index contributed by atoms with van der Waals surface area (Å²) in [6.45, 7) is 2.65. The Morgan fingerprint density at radius 1 is 1.35 bits per heavy atom. The Morgan fingerprint density at radius 3 is 2.85 bits per heavy atom. The highest BCUT2D eigenvalue weighted by molar-refractivity contribution is 6.02. The predicted molar refractivity (Wildman–Crippen MR) is 96.4 cm³/mol. The highest BCUT2D eigenvalue weighted by atomic mass is 16.6. The third-order valence-corrected chi connectivity index (χ3v) is 4.55. The molecule has 0 bridgehead atoms. The number of nitrogens with one attached hydrogen (secondary N) is 1. The highest BCUT2D eigenvalue weighted by Gasteiger charge is 2.23. The van der Waals surface area contributed by atoms with Crippen LogP contribution in [0.5, 0.6) is 5.75 Å². The molecule has 1 amide bonds. The number of aromatic nitrogens is 2. The molecule has 1 aliphatic heterocycles. The average Bonchev–Trinajstić information content (AvgIpc) is 3.16. The van der Waals surface area contributed by atoms with Gasteiger partial charge in [0.05, 0.1) is 41.1 Å². The Hall–Kier alpha value is -3.42. The number of fused-ring (bicyclic) bond motifs is 2. The SMILES string of the molecule is CCn1c(-c2ccc([N+](=O)[O-])cc2OC)nc2cc3c(cc21)NC(=O)C3. The number of carbonyl (C=O) groups excluding carboxylic acids is 1. The molecule has 1 aliphatic rings. The first kappa shape index (κ1) is 16.1. The number of hydrogen-bond acceptors (Lipinski definition) is 5. The van der Waals surface area contributed by atoms with Gasteiger partial charge in [0.1, 0.15) is 11.6 Å². The third-order valence-electron chi connectivity index (χ3n) is 4.55. The summed E-state index contributed by atoms with van der Waals surface area (Å²) in [5, 5.41) is 13.9. The number of hydrogen-bond donors (Lipinski definition) is 1. The topological polar surface area (TPSA) is 99.3 Å². The van der Waals surface area contributed by atoms with Crippen molar-refractivity contribution in [3.05, 3.63) is 46.0 Å². The molecule has 4 rings (SSSR count). The molecule has 26 heavy (non-hydrogen) atoms. The molecule has 0 saturated carbocycles. The van der Waals surface area contributed by atoms with E-state index in [-0.39, 0.29) is 11.6 Å². The molecule has 8 nitrogen and oxygen atoms in total. The molecular weight excluding hydrogens is 336 g/mol. The van der Waals surface area contributed by atoms with Gasteiger partial charge in [-0.3, -0.25) is 14.9 Å². The summed E-state index contributed by atoms with van der Waals surface area (Å²) >= 11 is 0. The fourth-order valence-electron chi connectivity index (χ4n) is 3.35. The van der Waals surface area contributed by atoms with E-state index in [1.165, 1.54) is 19.2 Å². The molecule has 132 valence electrons. The quantitative estimate of drug-likeness (QED) is 0.574. The van der Waals surface area contributed by atoms with Gasteiger partial charge in [-0.2, -0.15) is 0 Å². The molecule has 0 aliphatic carbocycles. The number of carbonyl (C=O) groups is 1. The van der Waals surface area contributed by atoms with Crippen molar-refractivity contribution in [1.29, 1.82) is 0 Å². The standard InChI is InChI=1S/C18H16N4O4/c1-3-21-15-9-13-10(7-17(23)19-13)6-14(15)20-18(21)12-5-4-11(22(24)25)8-16(12)26-2/h4-6,8-9H,3,7H2,1-2H3,(H,19,23). The van der Waals surface area contributed by atoms with Crippen LogP contribution in [0.1, 0.15) is 12.5 Å².